The number of aromatic nitrogens is 2. The monoisotopic (exact) mass is 982 g/mol. The maximum absolute atomic E-state index is 2.79. The third-order valence-electron chi connectivity index (χ3n) is 16.5. The lowest BCUT2D eigenvalue weighted by molar-refractivity contribution is 0.768. The summed E-state index contributed by atoms with van der Waals surface area (Å²) >= 11 is 0. The molecule has 12 aromatic carbocycles. The van der Waals surface area contributed by atoms with Crippen molar-refractivity contribution in [3.05, 3.63) is 326 Å². The molecule has 14 aromatic rings. The first-order chi connectivity index (χ1) is 37.7. The number of hydrogen-bond acceptors (Lipinski definition) is 0. The zero-order chi connectivity index (χ0) is 50.2. The average molecular weight is 983 g/mol. The fourth-order valence-corrected chi connectivity index (χ4v) is 18.2. The van der Waals surface area contributed by atoms with Crippen LogP contribution in [0.25, 0.3) is 77.2 Å². The fourth-order valence-electron chi connectivity index (χ4n) is 13.5. The number of fused-ring (bicyclic) bond motifs is 9. The predicted molar refractivity (Wildman–Crippen MR) is 321 cm³/mol. The van der Waals surface area contributed by atoms with Crippen LogP contribution in [0, 0.1) is 0 Å². The third kappa shape index (κ3) is 6.40. The highest BCUT2D eigenvalue weighted by Gasteiger charge is 2.46. The molecule has 0 saturated carbocycles. The van der Waals surface area contributed by atoms with E-state index in [4.69, 9.17) is 0 Å². The van der Waals surface area contributed by atoms with Crippen molar-refractivity contribution in [3.63, 3.8) is 0 Å². The van der Waals surface area contributed by atoms with Crippen LogP contribution in [-0.4, -0.2) is 17.2 Å². The molecule has 356 valence electrons. The maximum atomic E-state index is 2.52. The van der Waals surface area contributed by atoms with Gasteiger partial charge in [-0.2, -0.15) is 0 Å². The number of benzene rings is 12. The highest BCUT2D eigenvalue weighted by Crippen LogP contribution is 2.57. The summed E-state index contributed by atoms with van der Waals surface area (Å²) in [5.74, 6) is 0. The number of nitrogens with zero attached hydrogens (tertiary/aromatic N) is 2. The summed E-state index contributed by atoms with van der Waals surface area (Å²) in [7, 11) is -2.79. The molecule has 0 N–H and O–H groups in total. The van der Waals surface area contributed by atoms with Gasteiger partial charge in [0.2, 0.25) is 0 Å². The van der Waals surface area contributed by atoms with Crippen LogP contribution in [0.4, 0.5) is 0 Å². The summed E-state index contributed by atoms with van der Waals surface area (Å²) < 4.78 is 5.01. The molecular weight excluding hydrogens is 933 g/mol. The van der Waals surface area contributed by atoms with Gasteiger partial charge in [0, 0.05) is 38.5 Å². The number of hydrogen-bond donors (Lipinski definition) is 0. The van der Waals surface area contributed by atoms with E-state index in [1.807, 2.05) is 0 Å². The SMILES string of the molecule is c1ccc(C2(c3ccccc3)c3ccccc3-c3cc(-c4cccc5c6ccccc6n(-c6ccc7c(c6)c6ccccc6n7-c6cccc([Si](c7ccccc7)(c7ccccc7)c7ccccc7)c6)c45)ccc32)cc1. The van der Waals surface area contributed by atoms with Crippen molar-refractivity contribution in [2.24, 2.45) is 0 Å². The van der Waals surface area contributed by atoms with E-state index >= 15 is 0 Å². The predicted octanol–water partition coefficient (Wildman–Crippen LogP) is 15.3. The Bertz CT molecular complexity index is 4360. The van der Waals surface area contributed by atoms with Crippen LogP contribution in [0.1, 0.15) is 22.3 Å². The van der Waals surface area contributed by atoms with Gasteiger partial charge in [-0.25, -0.2) is 0 Å². The van der Waals surface area contributed by atoms with Gasteiger partial charge in [0.15, 0.2) is 8.07 Å². The minimum Gasteiger partial charge on any atom is -0.309 e. The summed E-state index contributed by atoms with van der Waals surface area (Å²) in [6, 6.07) is 113. The van der Waals surface area contributed by atoms with Gasteiger partial charge in [-0.1, -0.05) is 255 Å². The minimum absolute atomic E-state index is 0.458. The largest absolute Gasteiger partial charge is 0.309 e. The summed E-state index contributed by atoms with van der Waals surface area (Å²) in [6.07, 6.45) is 0. The molecule has 0 saturated heterocycles. The average Bonchev–Trinajstić information content (AvgIpc) is 4.29. The number of rotatable bonds is 9. The summed E-state index contributed by atoms with van der Waals surface area (Å²) in [5.41, 5.74) is 16.7. The Morgan fingerprint density at radius 2 is 0.724 bits per heavy atom. The summed E-state index contributed by atoms with van der Waals surface area (Å²) in [5, 5.41) is 10.3. The van der Waals surface area contributed by atoms with Gasteiger partial charge in [-0.15, -0.1) is 0 Å². The van der Waals surface area contributed by atoms with Crippen LogP contribution < -0.4 is 20.7 Å². The first-order valence-electron chi connectivity index (χ1n) is 26.4. The number of para-hydroxylation sites is 3. The molecule has 3 heteroatoms. The second kappa shape index (κ2) is 17.6. The van der Waals surface area contributed by atoms with E-state index in [-0.39, 0.29) is 0 Å². The fraction of sp³-hybridized carbons (Fsp3) is 0.0137. The van der Waals surface area contributed by atoms with Crippen molar-refractivity contribution in [2.75, 3.05) is 0 Å². The zero-order valence-electron chi connectivity index (χ0n) is 41.8. The molecule has 0 amide bonds. The molecule has 0 fully saturated rings. The van der Waals surface area contributed by atoms with E-state index in [1.165, 1.54) is 109 Å². The van der Waals surface area contributed by atoms with Crippen molar-refractivity contribution in [1.82, 2.24) is 9.13 Å². The lowest BCUT2D eigenvalue weighted by Crippen LogP contribution is -2.74. The Morgan fingerprint density at radius 1 is 0.263 bits per heavy atom. The molecule has 0 aliphatic heterocycles. The van der Waals surface area contributed by atoms with Crippen molar-refractivity contribution in [2.45, 2.75) is 5.41 Å². The third-order valence-corrected chi connectivity index (χ3v) is 21.3. The first kappa shape index (κ1) is 44.0. The summed E-state index contributed by atoms with van der Waals surface area (Å²) in [4.78, 5) is 0. The van der Waals surface area contributed by atoms with E-state index in [1.54, 1.807) is 0 Å². The van der Waals surface area contributed by atoms with E-state index in [0.29, 0.717) is 0 Å². The zero-order valence-corrected chi connectivity index (χ0v) is 42.8. The van der Waals surface area contributed by atoms with E-state index in [2.05, 4.69) is 312 Å². The molecule has 2 heterocycles. The second-order valence-corrected chi connectivity index (χ2v) is 24.1. The molecular formula is C73H50N2Si. The molecule has 1 aliphatic carbocycles. The highest BCUT2D eigenvalue weighted by atomic mass is 28.3. The Hall–Kier alpha value is -9.54. The maximum Gasteiger partial charge on any atom is 0.179 e. The Kier molecular flexibility index (Phi) is 10.2. The molecule has 0 unspecified atom stereocenters. The van der Waals surface area contributed by atoms with Crippen LogP contribution in [0.3, 0.4) is 0 Å². The lowest BCUT2D eigenvalue weighted by Gasteiger charge is -2.34. The van der Waals surface area contributed by atoms with Gasteiger partial charge in [-0.3, -0.25) is 0 Å². The van der Waals surface area contributed by atoms with Gasteiger partial charge < -0.3 is 9.13 Å². The van der Waals surface area contributed by atoms with E-state index in [0.717, 1.165) is 11.4 Å². The van der Waals surface area contributed by atoms with Crippen LogP contribution in [0.2, 0.25) is 0 Å². The molecule has 2 aromatic heterocycles. The van der Waals surface area contributed by atoms with Gasteiger partial charge in [0.05, 0.1) is 27.5 Å². The van der Waals surface area contributed by atoms with Crippen LogP contribution >= 0.6 is 0 Å². The second-order valence-electron chi connectivity index (χ2n) is 20.3. The van der Waals surface area contributed by atoms with Gasteiger partial charge in [0.1, 0.15) is 0 Å². The van der Waals surface area contributed by atoms with Crippen LogP contribution in [-0.2, 0) is 5.41 Å². The Labute approximate surface area is 443 Å². The quantitative estimate of drug-likeness (QED) is 0.101. The van der Waals surface area contributed by atoms with Crippen molar-refractivity contribution >= 4 is 72.4 Å². The van der Waals surface area contributed by atoms with Crippen molar-refractivity contribution < 1.29 is 0 Å². The van der Waals surface area contributed by atoms with Crippen molar-refractivity contribution in [3.8, 4) is 33.6 Å². The highest BCUT2D eigenvalue weighted by molar-refractivity contribution is 7.19. The van der Waals surface area contributed by atoms with Gasteiger partial charge >= 0.3 is 0 Å². The molecule has 2 nitrogen and oxygen atoms in total. The Balaban J connectivity index is 0.931. The molecule has 15 rings (SSSR count). The van der Waals surface area contributed by atoms with E-state index in [9.17, 15) is 0 Å². The van der Waals surface area contributed by atoms with E-state index < -0.39 is 13.5 Å². The van der Waals surface area contributed by atoms with Gasteiger partial charge in [-0.05, 0) is 108 Å². The first-order valence-corrected chi connectivity index (χ1v) is 28.4. The normalized spacial score (nSPS) is 12.8. The molecule has 0 spiro atoms. The minimum atomic E-state index is -2.79. The molecule has 1 aliphatic rings. The van der Waals surface area contributed by atoms with Gasteiger partial charge in [0.25, 0.3) is 0 Å². The smallest absolute Gasteiger partial charge is 0.179 e. The van der Waals surface area contributed by atoms with Crippen LogP contribution in [0.15, 0.2) is 303 Å². The molecule has 0 radical (unpaired) electrons. The Morgan fingerprint density at radius 3 is 1.37 bits per heavy atom. The molecule has 0 bridgehead atoms. The van der Waals surface area contributed by atoms with Crippen molar-refractivity contribution in [1.29, 1.82) is 0 Å². The standard InChI is InChI=1S/C73H50N2Si/c1-6-24-52(25-7-1)73(53-26-8-2-9-27-53)67-41-19-16-36-61(67)65-48-51(44-46-68(65)73)60-39-23-40-64-62-37-17-21-43-70(62)75(72(60)64)55-45-47-71-66(50-55)63-38-18-20-42-69(63)74(71)54-28-22-35-59(49-54)76(56-29-10-3-11-30-56,57-31-12-4-13-32-57)58-33-14-5-15-34-58/h1-50H. The molecule has 76 heavy (non-hydrogen) atoms. The summed E-state index contributed by atoms with van der Waals surface area (Å²) in [6.45, 7) is 0. The molecule has 0 atom stereocenters. The topological polar surface area (TPSA) is 9.86 Å². The lowest BCUT2D eigenvalue weighted by atomic mass is 9.67. The van der Waals surface area contributed by atoms with Crippen LogP contribution in [0.5, 0.6) is 0 Å².